The van der Waals surface area contributed by atoms with Crippen LogP contribution >= 0.6 is 0 Å². The smallest absolute Gasteiger partial charge is 0.0353 e. The number of hydrogen-bond acceptors (Lipinski definition) is 0. The molecule has 0 aliphatic rings. The van der Waals surface area contributed by atoms with Gasteiger partial charge in [-0.15, -0.1) is 6.58 Å². The third kappa shape index (κ3) is 5.61. The summed E-state index contributed by atoms with van der Waals surface area (Å²) in [6, 6.07) is 0. The number of hydrogen-bond donors (Lipinski definition) is 0. The van der Waals surface area contributed by atoms with Crippen molar-refractivity contribution in [1.82, 2.24) is 0 Å². The average Bonchev–Trinajstić information content (AvgIpc) is 1.89. The molecule has 1 unspecified atom stereocenters. The second-order valence-corrected chi connectivity index (χ2v) is 2.53. The average molecular weight is 125 g/mol. The van der Waals surface area contributed by atoms with E-state index in [2.05, 4.69) is 26.8 Å². The fourth-order valence-electron chi connectivity index (χ4n) is 0.751. The predicted molar refractivity (Wildman–Crippen MR) is 43.2 cm³/mol. The lowest BCUT2D eigenvalue weighted by Crippen LogP contribution is -1.91. The van der Waals surface area contributed by atoms with Crippen molar-refractivity contribution < 1.29 is 0 Å². The van der Waals surface area contributed by atoms with Gasteiger partial charge in [-0.3, -0.25) is 0 Å². The van der Waals surface area contributed by atoms with Crippen LogP contribution in [0.2, 0.25) is 0 Å². The summed E-state index contributed by atoms with van der Waals surface area (Å²) in [4.78, 5) is 0. The molecule has 0 saturated carbocycles. The summed E-state index contributed by atoms with van der Waals surface area (Å²) in [5, 5.41) is 0. The van der Waals surface area contributed by atoms with E-state index in [1.807, 2.05) is 6.08 Å². The van der Waals surface area contributed by atoms with Gasteiger partial charge in [-0.25, -0.2) is 0 Å². The zero-order valence-corrected chi connectivity index (χ0v) is 6.56. The molecule has 0 aliphatic heterocycles. The SMILES string of the molecule is C=CCCCC(C)[CH]C. The van der Waals surface area contributed by atoms with E-state index in [0.29, 0.717) is 0 Å². The largest absolute Gasteiger partial charge is 0.103 e. The summed E-state index contributed by atoms with van der Waals surface area (Å²) in [6.07, 6.45) is 8.00. The second-order valence-electron chi connectivity index (χ2n) is 2.53. The molecule has 0 aliphatic carbocycles. The highest BCUT2D eigenvalue weighted by molar-refractivity contribution is 4.70. The molecule has 0 saturated heterocycles. The maximum Gasteiger partial charge on any atom is -0.0353 e. The lowest BCUT2D eigenvalue weighted by atomic mass is 10.0. The molecule has 0 aromatic carbocycles. The number of allylic oxidation sites excluding steroid dienone is 1. The highest BCUT2D eigenvalue weighted by Gasteiger charge is 1.95. The Hall–Kier alpha value is -0.260. The summed E-state index contributed by atoms with van der Waals surface area (Å²) in [5.74, 6) is 0.782. The monoisotopic (exact) mass is 125 g/mol. The molecule has 0 amide bonds. The van der Waals surface area contributed by atoms with Crippen LogP contribution in [0.25, 0.3) is 0 Å². The van der Waals surface area contributed by atoms with E-state index in [4.69, 9.17) is 0 Å². The Bertz CT molecular complexity index is 64.4. The quantitative estimate of drug-likeness (QED) is 0.391. The molecule has 0 spiro atoms. The van der Waals surface area contributed by atoms with E-state index in [9.17, 15) is 0 Å². The van der Waals surface area contributed by atoms with Crippen LogP contribution in [-0.4, -0.2) is 0 Å². The van der Waals surface area contributed by atoms with Gasteiger partial charge in [0.2, 0.25) is 0 Å². The fourth-order valence-corrected chi connectivity index (χ4v) is 0.751. The zero-order chi connectivity index (χ0) is 7.11. The van der Waals surface area contributed by atoms with Gasteiger partial charge in [0, 0.05) is 0 Å². The molecule has 0 N–H and O–H groups in total. The van der Waals surface area contributed by atoms with Gasteiger partial charge in [-0.1, -0.05) is 26.3 Å². The summed E-state index contributed by atoms with van der Waals surface area (Å²) in [7, 11) is 0. The maximum absolute atomic E-state index is 3.67. The van der Waals surface area contributed by atoms with Crippen LogP contribution < -0.4 is 0 Å². The molecule has 0 aromatic heterocycles. The molecular weight excluding hydrogens is 108 g/mol. The first kappa shape index (κ1) is 8.74. The molecule has 0 rings (SSSR count). The van der Waals surface area contributed by atoms with Crippen molar-refractivity contribution in [2.24, 2.45) is 5.92 Å². The van der Waals surface area contributed by atoms with Crippen LogP contribution in [0.4, 0.5) is 0 Å². The Labute approximate surface area is 59.0 Å². The molecule has 1 radical (unpaired) electrons. The fraction of sp³-hybridized carbons (Fsp3) is 0.667. The van der Waals surface area contributed by atoms with E-state index in [1.54, 1.807) is 0 Å². The van der Waals surface area contributed by atoms with Gasteiger partial charge in [-0.2, -0.15) is 0 Å². The normalized spacial score (nSPS) is 13.1. The topological polar surface area (TPSA) is 0 Å². The van der Waals surface area contributed by atoms with Gasteiger partial charge in [0.1, 0.15) is 0 Å². The number of unbranched alkanes of at least 4 members (excludes halogenated alkanes) is 1. The molecule has 53 valence electrons. The van der Waals surface area contributed by atoms with Gasteiger partial charge in [0.15, 0.2) is 0 Å². The Morgan fingerprint density at radius 1 is 1.56 bits per heavy atom. The lowest BCUT2D eigenvalue weighted by molar-refractivity contribution is 0.578. The Balaban J connectivity index is 2.96. The van der Waals surface area contributed by atoms with Crippen LogP contribution in [0.1, 0.15) is 33.1 Å². The highest BCUT2D eigenvalue weighted by Crippen LogP contribution is 2.09. The molecule has 0 bridgehead atoms. The van der Waals surface area contributed by atoms with Crippen molar-refractivity contribution >= 4 is 0 Å². The minimum atomic E-state index is 0.782. The molecule has 0 heterocycles. The van der Waals surface area contributed by atoms with Crippen LogP contribution in [0.3, 0.4) is 0 Å². The van der Waals surface area contributed by atoms with Gasteiger partial charge >= 0.3 is 0 Å². The van der Waals surface area contributed by atoms with Crippen molar-refractivity contribution in [1.29, 1.82) is 0 Å². The van der Waals surface area contributed by atoms with Gasteiger partial charge in [-0.05, 0) is 25.2 Å². The predicted octanol–water partition coefficient (Wildman–Crippen LogP) is 3.20. The zero-order valence-electron chi connectivity index (χ0n) is 6.56. The van der Waals surface area contributed by atoms with Crippen molar-refractivity contribution in [3.8, 4) is 0 Å². The summed E-state index contributed by atoms with van der Waals surface area (Å²) >= 11 is 0. The molecule has 0 nitrogen and oxygen atoms in total. The first-order chi connectivity index (χ1) is 4.31. The standard InChI is InChI=1S/C9H17/c1-4-6-7-8-9(3)5-2/h4-5,9H,1,6-8H2,2-3H3. The lowest BCUT2D eigenvalue weighted by Gasteiger charge is -2.04. The molecule has 0 heteroatoms. The van der Waals surface area contributed by atoms with Gasteiger partial charge < -0.3 is 0 Å². The van der Waals surface area contributed by atoms with Crippen molar-refractivity contribution in [2.45, 2.75) is 33.1 Å². The Kier molecular flexibility index (Phi) is 5.70. The van der Waals surface area contributed by atoms with Crippen molar-refractivity contribution in [2.75, 3.05) is 0 Å². The molecule has 0 fully saturated rings. The number of rotatable bonds is 5. The summed E-state index contributed by atoms with van der Waals surface area (Å²) < 4.78 is 0. The van der Waals surface area contributed by atoms with Crippen LogP contribution in [0.5, 0.6) is 0 Å². The van der Waals surface area contributed by atoms with E-state index < -0.39 is 0 Å². The van der Waals surface area contributed by atoms with Crippen LogP contribution in [0.15, 0.2) is 12.7 Å². The summed E-state index contributed by atoms with van der Waals surface area (Å²) in [5.41, 5.74) is 0. The van der Waals surface area contributed by atoms with Gasteiger partial charge in [0.25, 0.3) is 0 Å². The molecule has 1 atom stereocenters. The third-order valence-corrected chi connectivity index (χ3v) is 1.64. The minimum absolute atomic E-state index is 0.782. The van der Waals surface area contributed by atoms with E-state index in [-0.39, 0.29) is 0 Å². The van der Waals surface area contributed by atoms with Crippen LogP contribution in [-0.2, 0) is 0 Å². The first-order valence-electron chi connectivity index (χ1n) is 3.71. The maximum atomic E-state index is 3.67. The molecule has 9 heavy (non-hydrogen) atoms. The first-order valence-corrected chi connectivity index (χ1v) is 3.71. The second kappa shape index (κ2) is 5.87. The van der Waals surface area contributed by atoms with E-state index in [0.717, 1.165) is 12.3 Å². The third-order valence-electron chi connectivity index (χ3n) is 1.64. The van der Waals surface area contributed by atoms with Crippen molar-refractivity contribution in [3.63, 3.8) is 0 Å². The molecule has 0 aromatic rings. The molecular formula is C9H17. The minimum Gasteiger partial charge on any atom is -0.103 e. The van der Waals surface area contributed by atoms with E-state index >= 15 is 0 Å². The van der Waals surface area contributed by atoms with Gasteiger partial charge in [0.05, 0.1) is 0 Å². The summed E-state index contributed by atoms with van der Waals surface area (Å²) in [6.45, 7) is 8.05. The van der Waals surface area contributed by atoms with Crippen LogP contribution in [0, 0.1) is 12.3 Å². The highest BCUT2D eigenvalue weighted by atomic mass is 14.0. The Morgan fingerprint density at radius 3 is 2.67 bits per heavy atom. The van der Waals surface area contributed by atoms with E-state index in [1.165, 1.54) is 12.8 Å². The Morgan fingerprint density at radius 2 is 2.22 bits per heavy atom. The van der Waals surface area contributed by atoms with Crippen molar-refractivity contribution in [3.05, 3.63) is 19.1 Å².